The molecule has 0 spiro atoms. The van der Waals surface area contributed by atoms with E-state index in [1.807, 2.05) is 4.90 Å². The van der Waals surface area contributed by atoms with Crippen molar-refractivity contribution in [2.24, 2.45) is 0 Å². The standard InChI is InChI=1S/C24H21FN4O3/c1-31-20-9-5-18(6-10-20)23(30)28-12-14-29(15-13-28)24-21(16-26)27-22(32-24)11-4-17-2-7-19(25)8-3-17/h2-11H,12-15H2,1H3/b11-4+. The number of hydrogen-bond acceptors (Lipinski definition) is 6. The fourth-order valence-electron chi connectivity index (χ4n) is 3.46. The summed E-state index contributed by atoms with van der Waals surface area (Å²) in [6.07, 6.45) is 3.38. The first-order chi connectivity index (χ1) is 15.6. The maximum absolute atomic E-state index is 13.0. The van der Waals surface area contributed by atoms with Crippen LogP contribution in [0, 0.1) is 17.1 Å². The summed E-state index contributed by atoms with van der Waals surface area (Å²) in [7, 11) is 1.58. The van der Waals surface area contributed by atoms with Crippen molar-refractivity contribution in [1.82, 2.24) is 9.88 Å². The maximum atomic E-state index is 13.0. The molecule has 1 aliphatic heterocycles. The van der Waals surface area contributed by atoms with Crippen LogP contribution in [-0.2, 0) is 0 Å². The van der Waals surface area contributed by atoms with E-state index < -0.39 is 0 Å². The van der Waals surface area contributed by atoms with Gasteiger partial charge in [0.25, 0.3) is 5.91 Å². The number of methoxy groups -OCH3 is 1. The number of rotatable bonds is 5. The highest BCUT2D eigenvalue weighted by Crippen LogP contribution is 2.25. The molecule has 32 heavy (non-hydrogen) atoms. The molecule has 162 valence electrons. The van der Waals surface area contributed by atoms with Crippen LogP contribution < -0.4 is 9.64 Å². The Morgan fingerprint density at radius 3 is 2.41 bits per heavy atom. The van der Waals surface area contributed by atoms with Gasteiger partial charge >= 0.3 is 0 Å². The van der Waals surface area contributed by atoms with Gasteiger partial charge in [0, 0.05) is 37.8 Å². The molecule has 7 nitrogen and oxygen atoms in total. The lowest BCUT2D eigenvalue weighted by Crippen LogP contribution is -2.48. The number of nitrogens with zero attached hydrogens (tertiary/aromatic N) is 4. The van der Waals surface area contributed by atoms with Gasteiger partial charge in [-0.1, -0.05) is 12.1 Å². The van der Waals surface area contributed by atoms with Crippen LogP contribution in [0.2, 0.25) is 0 Å². The highest BCUT2D eigenvalue weighted by molar-refractivity contribution is 5.94. The van der Waals surface area contributed by atoms with Crippen LogP contribution in [0.5, 0.6) is 5.75 Å². The van der Waals surface area contributed by atoms with Crippen molar-refractivity contribution < 1.29 is 18.3 Å². The van der Waals surface area contributed by atoms with Gasteiger partial charge in [-0.15, -0.1) is 0 Å². The average Bonchev–Trinajstić information content (AvgIpc) is 3.27. The van der Waals surface area contributed by atoms with Crippen molar-refractivity contribution in [1.29, 1.82) is 5.26 Å². The Hall–Kier alpha value is -4.12. The minimum atomic E-state index is -0.308. The molecule has 0 aliphatic carbocycles. The van der Waals surface area contributed by atoms with Gasteiger partial charge in [0.1, 0.15) is 17.6 Å². The lowest BCUT2D eigenvalue weighted by atomic mass is 10.1. The van der Waals surface area contributed by atoms with Crippen LogP contribution in [0.4, 0.5) is 10.3 Å². The van der Waals surface area contributed by atoms with Crippen molar-refractivity contribution in [3.8, 4) is 11.8 Å². The monoisotopic (exact) mass is 432 g/mol. The van der Waals surface area contributed by atoms with Crippen LogP contribution in [0.1, 0.15) is 27.5 Å². The van der Waals surface area contributed by atoms with Crippen molar-refractivity contribution in [3.05, 3.63) is 77.1 Å². The molecule has 0 atom stereocenters. The molecule has 1 saturated heterocycles. The minimum absolute atomic E-state index is 0.0479. The van der Waals surface area contributed by atoms with E-state index in [0.29, 0.717) is 43.4 Å². The molecule has 0 N–H and O–H groups in total. The molecular weight excluding hydrogens is 411 g/mol. The summed E-state index contributed by atoms with van der Waals surface area (Å²) in [5, 5.41) is 9.47. The number of halogens is 1. The summed E-state index contributed by atoms with van der Waals surface area (Å²) in [6, 6.07) is 15.1. The van der Waals surface area contributed by atoms with Crippen LogP contribution in [0.15, 0.2) is 52.9 Å². The summed E-state index contributed by atoms with van der Waals surface area (Å²) in [5.41, 5.74) is 1.58. The van der Waals surface area contributed by atoms with Gasteiger partial charge in [-0.05, 0) is 48.0 Å². The molecule has 3 aromatic rings. The van der Waals surface area contributed by atoms with E-state index >= 15 is 0 Å². The molecule has 1 fully saturated rings. The largest absolute Gasteiger partial charge is 0.497 e. The number of carbonyl (C=O) groups excluding carboxylic acids is 1. The zero-order valence-corrected chi connectivity index (χ0v) is 17.5. The van der Waals surface area contributed by atoms with Gasteiger partial charge in [-0.3, -0.25) is 4.79 Å². The molecule has 4 rings (SSSR count). The van der Waals surface area contributed by atoms with Crippen molar-refractivity contribution in [2.45, 2.75) is 0 Å². The second-order valence-corrected chi connectivity index (χ2v) is 7.21. The number of carbonyl (C=O) groups is 1. The van der Waals surface area contributed by atoms with Crippen molar-refractivity contribution in [2.75, 3.05) is 38.2 Å². The summed E-state index contributed by atoms with van der Waals surface area (Å²) in [4.78, 5) is 20.7. The van der Waals surface area contributed by atoms with Gasteiger partial charge < -0.3 is 19.0 Å². The van der Waals surface area contributed by atoms with E-state index in [9.17, 15) is 14.4 Å². The van der Waals surface area contributed by atoms with Crippen LogP contribution in [0.25, 0.3) is 12.2 Å². The Labute approximate surface area is 185 Å². The number of ether oxygens (including phenoxy) is 1. The molecule has 0 unspecified atom stereocenters. The summed E-state index contributed by atoms with van der Waals surface area (Å²) >= 11 is 0. The summed E-state index contributed by atoms with van der Waals surface area (Å²) < 4.78 is 24.0. The Morgan fingerprint density at radius 1 is 1.09 bits per heavy atom. The van der Waals surface area contributed by atoms with Crippen LogP contribution >= 0.6 is 0 Å². The predicted octanol–water partition coefficient (Wildman–Crippen LogP) is 3.83. The van der Waals surface area contributed by atoms with E-state index in [1.54, 1.807) is 60.6 Å². The number of piperazine rings is 1. The van der Waals surface area contributed by atoms with Crippen molar-refractivity contribution in [3.63, 3.8) is 0 Å². The van der Waals surface area contributed by atoms with Gasteiger partial charge in [-0.2, -0.15) is 10.2 Å². The first-order valence-corrected chi connectivity index (χ1v) is 10.1. The Balaban J connectivity index is 1.42. The van der Waals surface area contributed by atoms with E-state index in [2.05, 4.69) is 11.1 Å². The number of benzene rings is 2. The van der Waals surface area contributed by atoms with E-state index in [4.69, 9.17) is 9.15 Å². The highest BCUT2D eigenvalue weighted by Gasteiger charge is 2.26. The summed E-state index contributed by atoms with van der Waals surface area (Å²) in [5.74, 6) is 1.02. The highest BCUT2D eigenvalue weighted by atomic mass is 19.1. The molecule has 2 aromatic carbocycles. The third-order valence-corrected chi connectivity index (χ3v) is 5.21. The van der Waals surface area contributed by atoms with Gasteiger partial charge in [0.2, 0.25) is 17.5 Å². The van der Waals surface area contributed by atoms with E-state index in [-0.39, 0.29) is 23.3 Å². The Kier molecular flexibility index (Phi) is 6.17. The number of amides is 1. The molecule has 1 amide bonds. The number of oxazole rings is 1. The summed E-state index contributed by atoms with van der Waals surface area (Å²) in [6.45, 7) is 2.04. The van der Waals surface area contributed by atoms with Gasteiger partial charge in [0.05, 0.1) is 7.11 Å². The van der Waals surface area contributed by atoms with Gasteiger partial charge in [0.15, 0.2) is 0 Å². The normalized spacial score (nSPS) is 13.9. The Morgan fingerprint density at radius 2 is 1.78 bits per heavy atom. The number of anilines is 1. The molecule has 0 bridgehead atoms. The third kappa shape index (κ3) is 4.62. The molecule has 0 radical (unpaired) electrons. The number of nitriles is 1. The molecule has 2 heterocycles. The van der Waals surface area contributed by atoms with E-state index in [1.165, 1.54) is 12.1 Å². The molecular formula is C24H21FN4O3. The first-order valence-electron chi connectivity index (χ1n) is 10.1. The number of aromatic nitrogens is 1. The van der Waals surface area contributed by atoms with Crippen molar-refractivity contribution >= 4 is 23.9 Å². The first kappa shape index (κ1) is 21.1. The lowest BCUT2D eigenvalue weighted by molar-refractivity contribution is 0.0745. The quantitative estimate of drug-likeness (QED) is 0.610. The molecule has 1 aromatic heterocycles. The fourth-order valence-corrected chi connectivity index (χ4v) is 3.46. The molecule has 8 heteroatoms. The predicted molar refractivity (Wildman–Crippen MR) is 118 cm³/mol. The molecule has 0 saturated carbocycles. The third-order valence-electron chi connectivity index (χ3n) is 5.21. The smallest absolute Gasteiger partial charge is 0.253 e. The second kappa shape index (κ2) is 9.35. The zero-order valence-electron chi connectivity index (χ0n) is 17.5. The second-order valence-electron chi connectivity index (χ2n) is 7.21. The van der Waals surface area contributed by atoms with Crippen LogP contribution in [0.3, 0.4) is 0 Å². The molecule has 1 aliphatic rings. The minimum Gasteiger partial charge on any atom is -0.497 e. The Bertz CT molecular complexity index is 1160. The topological polar surface area (TPSA) is 82.6 Å². The SMILES string of the molecule is COc1ccc(C(=O)N2CCN(c3oc(/C=C/c4ccc(F)cc4)nc3C#N)CC2)cc1. The maximum Gasteiger partial charge on any atom is 0.253 e. The number of hydrogen-bond donors (Lipinski definition) is 0. The van der Waals surface area contributed by atoms with Crippen LogP contribution in [-0.4, -0.2) is 49.1 Å². The van der Waals surface area contributed by atoms with E-state index in [0.717, 1.165) is 5.56 Å². The van der Waals surface area contributed by atoms with Gasteiger partial charge in [-0.25, -0.2) is 4.39 Å². The zero-order chi connectivity index (χ0) is 22.5. The lowest BCUT2D eigenvalue weighted by Gasteiger charge is -2.34. The fraction of sp³-hybridized carbons (Fsp3) is 0.208. The average molecular weight is 432 g/mol.